The minimum atomic E-state index is -1.04. The van der Waals surface area contributed by atoms with Crippen LogP contribution in [-0.2, 0) is 19.1 Å². The molecule has 166 valence electrons. The summed E-state index contributed by atoms with van der Waals surface area (Å²) >= 11 is 10.6. The standard InChI is InChI=1S/C22H22Br3NO5/c1-9(2)19(22(30)31-8-14(27)10-3-5-11(23)6-4-10)26-20(28)15-12-7-13(16(15)21(26)29)18(25)17(12)24/h3-6,9,12-13,15-19H,7-8H2,1-2H3/t12-,13-,15-,16-,17-,18+,19-/m1/s1. The van der Waals surface area contributed by atoms with Gasteiger partial charge in [0, 0.05) is 19.7 Å². The van der Waals surface area contributed by atoms with Crippen LogP contribution in [-0.4, -0.2) is 50.8 Å². The highest BCUT2D eigenvalue weighted by molar-refractivity contribution is 9.12. The molecule has 0 spiro atoms. The molecule has 3 aliphatic rings. The molecule has 0 unspecified atom stereocenters. The number of halogens is 3. The predicted octanol–water partition coefficient (Wildman–Crippen LogP) is 3.98. The van der Waals surface area contributed by atoms with Crippen molar-refractivity contribution in [3.05, 3.63) is 34.3 Å². The van der Waals surface area contributed by atoms with Gasteiger partial charge in [-0.1, -0.05) is 73.8 Å². The monoisotopic (exact) mass is 617 g/mol. The molecule has 1 aliphatic heterocycles. The van der Waals surface area contributed by atoms with Crippen molar-refractivity contribution in [2.24, 2.45) is 29.6 Å². The summed E-state index contributed by atoms with van der Waals surface area (Å²) < 4.78 is 6.13. The Balaban J connectivity index is 1.49. The van der Waals surface area contributed by atoms with Gasteiger partial charge < -0.3 is 4.74 Å². The maximum atomic E-state index is 13.3. The topological polar surface area (TPSA) is 80.8 Å². The fourth-order valence-electron chi connectivity index (χ4n) is 5.26. The number of nitrogens with zero attached hydrogens (tertiary/aromatic N) is 1. The highest BCUT2D eigenvalue weighted by atomic mass is 79.9. The van der Waals surface area contributed by atoms with Crippen LogP contribution in [0.25, 0.3) is 0 Å². The van der Waals surface area contributed by atoms with E-state index >= 15 is 0 Å². The summed E-state index contributed by atoms with van der Waals surface area (Å²) in [7, 11) is 0. The molecule has 31 heavy (non-hydrogen) atoms. The molecule has 2 bridgehead atoms. The van der Waals surface area contributed by atoms with Gasteiger partial charge in [-0.15, -0.1) is 0 Å². The predicted molar refractivity (Wildman–Crippen MR) is 124 cm³/mol. The molecule has 1 heterocycles. The van der Waals surface area contributed by atoms with Crippen LogP contribution < -0.4 is 0 Å². The molecule has 1 aromatic carbocycles. The summed E-state index contributed by atoms with van der Waals surface area (Å²) in [6.45, 7) is 3.10. The first-order valence-electron chi connectivity index (χ1n) is 10.2. The highest BCUT2D eigenvalue weighted by Crippen LogP contribution is 2.60. The number of esters is 1. The Morgan fingerprint density at radius 1 is 1.03 bits per heavy atom. The molecule has 0 aromatic heterocycles. The van der Waals surface area contributed by atoms with Gasteiger partial charge in [0.25, 0.3) is 0 Å². The summed E-state index contributed by atoms with van der Waals surface area (Å²) in [5.41, 5.74) is 0.420. The molecule has 9 heteroatoms. The van der Waals surface area contributed by atoms with Gasteiger partial charge in [0.1, 0.15) is 6.04 Å². The summed E-state index contributed by atoms with van der Waals surface area (Å²) in [4.78, 5) is 53.2. The van der Waals surface area contributed by atoms with Crippen molar-refractivity contribution in [2.75, 3.05) is 6.61 Å². The molecular weight excluding hydrogens is 598 g/mol. The van der Waals surface area contributed by atoms with E-state index in [-0.39, 0.29) is 45.0 Å². The Kier molecular flexibility index (Phi) is 6.49. The first kappa shape index (κ1) is 23.1. The maximum Gasteiger partial charge on any atom is 0.330 e. The fourth-order valence-corrected chi connectivity index (χ4v) is 7.40. The van der Waals surface area contributed by atoms with E-state index < -0.39 is 30.5 Å². The number of imide groups is 1. The largest absolute Gasteiger partial charge is 0.456 e. The zero-order chi connectivity index (χ0) is 22.6. The number of ether oxygens (including phenoxy) is 1. The van der Waals surface area contributed by atoms with E-state index in [4.69, 9.17) is 4.74 Å². The first-order chi connectivity index (χ1) is 14.6. The van der Waals surface area contributed by atoms with Crippen LogP contribution in [0.2, 0.25) is 0 Å². The number of benzene rings is 1. The van der Waals surface area contributed by atoms with Crippen molar-refractivity contribution in [3.63, 3.8) is 0 Å². The third-order valence-corrected chi connectivity index (χ3v) is 10.4. The van der Waals surface area contributed by atoms with E-state index in [1.165, 1.54) is 0 Å². The third kappa shape index (κ3) is 3.84. The summed E-state index contributed by atoms with van der Waals surface area (Å²) in [5, 5.41) is 0. The molecule has 6 nitrogen and oxygen atoms in total. The second-order valence-corrected chi connectivity index (χ2v) is 11.8. The van der Waals surface area contributed by atoms with Gasteiger partial charge in [0.2, 0.25) is 11.8 Å². The Morgan fingerprint density at radius 3 is 2.03 bits per heavy atom. The minimum Gasteiger partial charge on any atom is -0.456 e. The number of amides is 2. The Hall–Kier alpha value is -1.06. The second-order valence-electron chi connectivity index (χ2n) is 8.78. The molecule has 3 fully saturated rings. The lowest BCUT2D eigenvalue weighted by Crippen LogP contribution is -2.50. The molecule has 2 saturated carbocycles. The second kappa shape index (κ2) is 8.71. The van der Waals surface area contributed by atoms with Crippen LogP contribution in [0.5, 0.6) is 0 Å². The highest BCUT2D eigenvalue weighted by Gasteiger charge is 2.67. The molecule has 2 amide bonds. The number of Topliss-reactive ketones (excluding diaryl/α,β-unsaturated/α-hetero) is 1. The molecule has 0 radical (unpaired) electrons. The minimum absolute atomic E-state index is 0.0728. The number of ketones is 1. The molecule has 7 atom stereocenters. The lowest BCUT2D eigenvalue weighted by molar-refractivity contribution is -0.160. The number of rotatable bonds is 6. The Bertz CT molecular complexity index is 902. The number of hydrogen-bond donors (Lipinski definition) is 0. The van der Waals surface area contributed by atoms with E-state index in [1.807, 2.05) is 0 Å². The molecule has 0 N–H and O–H groups in total. The van der Waals surface area contributed by atoms with Gasteiger partial charge in [-0.2, -0.15) is 0 Å². The molecule has 1 aromatic rings. The molecular formula is C22H22Br3NO5. The van der Waals surface area contributed by atoms with Crippen molar-refractivity contribution in [3.8, 4) is 0 Å². The van der Waals surface area contributed by atoms with Crippen molar-refractivity contribution < 1.29 is 23.9 Å². The first-order valence-corrected chi connectivity index (χ1v) is 12.9. The quantitative estimate of drug-likeness (QED) is 0.208. The number of fused-ring (bicyclic) bond motifs is 5. The van der Waals surface area contributed by atoms with Gasteiger partial charge in [-0.3, -0.25) is 19.3 Å². The Morgan fingerprint density at radius 2 is 1.55 bits per heavy atom. The number of likely N-dealkylation sites (tertiary alicyclic amines) is 1. The smallest absolute Gasteiger partial charge is 0.330 e. The van der Waals surface area contributed by atoms with Crippen LogP contribution in [0.4, 0.5) is 0 Å². The van der Waals surface area contributed by atoms with Gasteiger partial charge in [0.15, 0.2) is 12.4 Å². The average molecular weight is 620 g/mol. The zero-order valence-electron chi connectivity index (χ0n) is 17.0. The number of hydrogen-bond acceptors (Lipinski definition) is 5. The number of alkyl halides is 2. The van der Waals surface area contributed by atoms with E-state index in [1.54, 1.807) is 38.1 Å². The van der Waals surface area contributed by atoms with Crippen LogP contribution in [0.3, 0.4) is 0 Å². The third-order valence-electron chi connectivity index (χ3n) is 6.68. The van der Waals surface area contributed by atoms with Crippen LogP contribution in [0.15, 0.2) is 28.7 Å². The van der Waals surface area contributed by atoms with Crippen molar-refractivity contribution in [1.82, 2.24) is 4.90 Å². The summed E-state index contributed by atoms with van der Waals surface area (Å²) in [6.07, 6.45) is 0.824. The van der Waals surface area contributed by atoms with Crippen molar-refractivity contribution in [2.45, 2.75) is 36.0 Å². The SMILES string of the molecule is CC(C)[C@H](C(=O)OCC(=O)c1ccc(Br)cc1)N1C(=O)[C@@H]2[C@H]3C[C@@H]([C@@H](Br)[C@H]3Br)[C@H]2C1=O. The fraction of sp³-hybridized carbons (Fsp3) is 0.545. The van der Waals surface area contributed by atoms with E-state index in [9.17, 15) is 19.2 Å². The lowest BCUT2D eigenvalue weighted by Gasteiger charge is -2.28. The summed E-state index contributed by atoms with van der Waals surface area (Å²) in [5.74, 6) is -2.63. The molecule has 1 saturated heterocycles. The summed E-state index contributed by atoms with van der Waals surface area (Å²) in [6, 6.07) is 5.70. The van der Waals surface area contributed by atoms with Gasteiger partial charge in [0.05, 0.1) is 11.8 Å². The number of carbonyl (C=O) groups is 4. The van der Waals surface area contributed by atoms with Gasteiger partial charge >= 0.3 is 5.97 Å². The Labute approximate surface area is 205 Å². The van der Waals surface area contributed by atoms with Crippen molar-refractivity contribution in [1.29, 1.82) is 0 Å². The van der Waals surface area contributed by atoms with Crippen LogP contribution in [0.1, 0.15) is 30.6 Å². The maximum absolute atomic E-state index is 13.3. The average Bonchev–Trinajstić information content (AvgIpc) is 3.33. The van der Waals surface area contributed by atoms with Crippen molar-refractivity contribution >= 4 is 71.4 Å². The van der Waals surface area contributed by atoms with E-state index in [0.29, 0.717) is 5.56 Å². The zero-order valence-corrected chi connectivity index (χ0v) is 21.7. The van der Waals surface area contributed by atoms with Gasteiger partial charge in [-0.25, -0.2) is 4.79 Å². The molecule has 4 rings (SSSR count). The molecule has 2 aliphatic carbocycles. The van der Waals surface area contributed by atoms with E-state index in [2.05, 4.69) is 47.8 Å². The van der Waals surface area contributed by atoms with E-state index in [0.717, 1.165) is 15.8 Å². The normalized spacial score (nSPS) is 32.5. The van der Waals surface area contributed by atoms with Crippen LogP contribution >= 0.6 is 47.8 Å². The lowest BCUT2D eigenvalue weighted by atomic mass is 9.81. The van der Waals surface area contributed by atoms with Gasteiger partial charge in [-0.05, 0) is 36.3 Å². The van der Waals surface area contributed by atoms with Crippen LogP contribution in [0, 0.1) is 29.6 Å². The number of carbonyl (C=O) groups excluding carboxylic acids is 4.